The number of hydrogen-bond donors (Lipinski definition) is 1. The highest BCUT2D eigenvalue weighted by molar-refractivity contribution is 6.32. The number of benzene rings is 1. The molecule has 2 aromatic rings. The van der Waals surface area contributed by atoms with Crippen molar-refractivity contribution in [2.75, 3.05) is 0 Å². The zero-order chi connectivity index (χ0) is 13.2. The SMILES string of the molecule is OCc1ccc(OCc2nc(C3CC3)no2)c(Cl)c1. The molecule has 3 rings (SSSR count). The molecule has 1 aromatic carbocycles. The normalized spacial score (nSPS) is 14.6. The highest BCUT2D eigenvalue weighted by Crippen LogP contribution is 2.38. The van der Waals surface area contributed by atoms with Crippen LogP contribution in [0, 0.1) is 0 Å². The Morgan fingerprint density at radius 1 is 1.42 bits per heavy atom. The maximum atomic E-state index is 8.99. The quantitative estimate of drug-likeness (QED) is 0.912. The molecule has 6 heteroatoms. The first-order chi connectivity index (χ1) is 9.26. The molecule has 0 spiro atoms. The van der Waals surface area contributed by atoms with E-state index in [4.69, 9.17) is 26.0 Å². The van der Waals surface area contributed by atoms with Gasteiger partial charge in [0.05, 0.1) is 11.6 Å². The van der Waals surface area contributed by atoms with Crippen molar-refractivity contribution >= 4 is 11.6 Å². The summed E-state index contributed by atoms with van der Waals surface area (Å²) in [7, 11) is 0. The number of halogens is 1. The summed E-state index contributed by atoms with van der Waals surface area (Å²) in [5, 5.41) is 13.3. The molecule has 100 valence electrons. The van der Waals surface area contributed by atoms with Crippen LogP contribution in [-0.2, 0) is 13.2 Å². The summed E-state index contributed by atoms with van der Waals surface area (Å²) in [6.45, 7) is 0.145. The van der Waals surface area contributed by atoms with E-state index in [-0.39, 0.29) is 13.2 Å². The van der Waals surface area contributed by atoms with Crippen LogP contribution >= 0.6 is 11.6 Å². The molecular weight excluding hydrogens is 268 g/mol. The lowest BCUT2D eigenvalue weighted by atomic mass is 10.2. The van der Waals surface area contributed by atoms with Gasteiger partial charge in [-0.05, 0) is 30.5 Å². The van der Waals surface area contributed by atoms with Crippen LogP contribution in [0.5, 0.6) is 5.75 Å². The van der Waals surface area contributed by atoms with Crippen molar-refractivity contribution in [1.82, 2.24) is 10.1 Å². The van der Waals surface area contributed by atoms with Gasteiger partial charge in [-0.15, -0.1) is 0 Å². The Morgan fingerprint density at radius 2 is 2.26 bits per heavy atom. The molecule has 0 bridgehead atoms. The molecule has 1 N–H and O–H groups in total. The van der Waals surface area contributed by atoms with Crippen LogP contribution in [0.2, 0.25) is 5.02 Å². The molecule has 1 aliphatic rings. The minimum Gasteiger partial charge on any atom is -0.482 e. The van der Waals surface area contributed by atoms with Gasteiger partial charge < -0.3 is 14.4 Å². The van der Waals surface area contributed by atoms with E-state index in [0.29, 0.717) is 22.6 Å². The number of rotatable bonds is 5. The molecule has 0 amide bonds. The molecule has 0 saturated heterocycles. The number of hydrogen-bond acceptors (Lipinski definition) is 5. The first-order valence-electron chi connectivity index (χ1n) is 6.11. The van der Waals surface area contributed by atoms with Gasteiger partial charge in [0.15, 0.2) is 12.4 Å². The van der Waals surface area contributed by atoms with Crippen LogP contribution in [0.25, 0.3) is 0 Å². The molecule has 0 unspecified atom stereocenters. The fourth-order valence-electron chi connectivity index (χ4n) is 1.73. The Bertz CT molecular complexity index is 581. The molecule has 19 heavy (non-hydrogen) atoms. The second kappa shape index (κ2) is 5.19. The highest BCUT2D eigenvalue weighted by Gasteiger charge is 2.28. The van der Waals surface area contributed by atoms with Crippen LogP contribution in [0.1, 0.15) is 36.0 Å². The Morgan fingerprint density at radius 3 is 2.95 bits per heavy atom. The van der Waals surface area contributed by atoms with Gasteiger partial charge in [0.2, 0.25) is 0 Å². The van der Waals surface area contributed by atoms with Crippen molar-refractivity contribution < 1.29 is 14.4 Å². The minimum absolute atomic E-state index is 0.0472. The van der Waals surface area contributed by atoms with Crippen LogP contribution in [-0.4, -0.2) is 15.2 Å². The largest absolute Gasteiger partial charge is 0.482 e. The summed E-state index contributed by atoms with van der Waals surface area (Å²) >= 11 is 6.04. The van der Waals surface area contributed by atoms with Gasteiger partial charge in [-0.25, -0.2) is 0 Å². The second-order valence-corrected chi connectivity index (χ2v) is 4.94. The van der Waals surface area contributed by atoms with Gasteiger partial charge in [-0.2, -0.15) is 4.98 Å². The number of aliphatic hydroxyl groups excluding tert-OH is 1. The molecule has 0 aliphatic heterocycles. The fraction of sp³-hybridized carbons (Fsp3) is 0.385. The third-order valence-corrected chi connectivity index (χ3v) is 3.25. The van der Waals surface area contributed by atoms with Gasteiger partial charge in [-0.1, -0.05) is 22.8 Å². The predicted octanol–water partition coefficient (Wildman–Crippen LogP) is 2.67. The van der Waals surface area contributed by atoms with E-state index < -0.39 is 0 Å². The molecule has 1 fully saturated rings. The van der Waals surface area contributed by atoms with Crippen molar-refractivity contribution in [1.29, 1.82) is 0 Å². The number of aromatic nitrogens is 2. The topological polar surface area (TPSA) is 68.4 Å². The van der Waals surface area contributed by atoms with Crippen molar-refractivity contribution in [2.24, 2.45) is 0 Å². The lowest BCUT2D eigenvalue weighted by molar-refractivity contribution is 0.242. The lowest BCUT2D eigenvalue weighted by Crippen LogP contribution is -1.97. The van der Waals surface area contributed by atoms with E-state index in [1.54, 1.807) is 18.2 Å². The van der Waals surface area contributed by atoms with E-state index in [9.17, 15) is 0 Å². The molecule has 5 nitrogen and oxygen atoms in total. The molecule has 1 saturated carbocycles. The fourth-order valence-corrected chi connectivity index (χ4v) is 1.99. The van der Waals surface area contributed by atoms with Gasteiger partial charge in [0, 0.05) is 5.92 Å². The Kier molecular flexibility index (Phi) is 3.40. The Hall–Kier alpha value is -1.59. The first kappa shape index (κ1) is 12.4. The molecule has 1 aliphatic carbocycles. The van der Waals surface area contributed by atoms with E-state index in [1.807, 2.05) is 0 Å². The van der Waals surface area contributed by atoms with Crippen LogP contribution in [0.15, 0.2) is 22.7 Å². The lowest BCUT2D eigenvalue weighted by Gasteiger charge is -2.06. The number of aliphatic hydroxyl groups is 1. The van der Waals surface area contributed by atoms with Gasteiger partial charge in [0.25, 0.3) is 5.89 Å². The van der Waals surface area contributed by atoms with E-state index in [1.165, 1.54) is 0 Å². The van der Waals surface area contributed by atoms with E-state index in [0.717, 1.165) is 24.2 Å². The summed E-state index contributed by atoms with van der Waals surface area (Å²) in [5.41, 5.74) is 0.742. The summed E-state index contributed by atoms with van der Waals surface area (Å²) in [4.78, 5) is 4.26. The molecule has 0 radical (unpaired) electrons. The van der Waals surface area contributed by atoms with Crippen molar-refractivity contribution in [3.05, 3.63) is 40.5 Å². The average molecular weight is 281 g/mol. The maximum Gasteiger partial charge on any atom is 0.264 e. The summed E-state index contributed by atoms with van der Waals surface area (Å²) < 4.78 is 10.6. The van der Waals surface area contributed by atoms with Gasteiger partial charge >= 0.3 is 0 Å². The van der Waals surface area contributed by atoms with Crippen molar-refractivity contribution in [3.63, 3.8) is 0 Å². The monoisotopic (exact) mass is 280 g/mol. The van der Waals surface area contributed by atoms with E-state index >= 15 is 0 Å². The first-order valence-corrected chi connectivity index (χ1v) is 6.48. The molecule has 0 atom stereocenters. The summed E-state index contributed by atoms with van der Waals surface area (Å²) in [6.07, 6.45) is 2.27. The summed E-state index contributed by atoms with van der Waals surface area (Å²) in [6, 6.07) is 5.14. The molecular formula is C13H13ClN2O3. The second-order valence-electron chi connectivity index (χ2n) is 4.53. The third kappa shape index (κ3) is 2.88. The zero-order valence-electron chi connectivity index (χ0n) is 10.2. The van der Waals surface area contributed by atoms with Crippen molar-refractivity contribution in [2.45, 2.75) is 32.0 Å². The van der Waals surface area contributed by atoms with Crippen LogP contribution < -0.4 is 4.74 Å². The van der Waals surface area contributed by atoms with Crippen molar-refractivity contribution in [3.8, 4) is 5.75 Å². The Balaban J connectivity index is 1.64. The third-order valence-electron chi connectivity index (χ3n) is 2.96. The predicted molar refractivity (Wildman–Crippen MR) is 68.0 cm³/mol. The minimum atomic E-state index is -0.0472. The standard InChI is InChI=1S/C13H13ClN2O3/c14-10-5-8(6-17)1-4-11(10)18-7-12-15-13(16-19-12)9-2-3-9/h1,4-5,9,17H,2-3,6-7H2. The highest BCUT2D eigenvalue weighted by atomic mass is 35.5. The average Bonchev–Trinajstić information content (AvgIpc) is 3.17. The smallest absolute Gasteiger partial charge is 0.264 e. The number of nitrogens with zero attached hydrogens (tertiary/aromatic N) is 2. The Labute approximate surface area is 115 Å². The summed E-state index contributed by atoms with van der Waals surface area (Å²) in [5.74, 6) is 2.21. The van der Waals surface area contributed by atoms with Gasteiger partial charge in [-0.3, -0.25) is 0 Å². The molecule has 1 heterocycles. The van der Waals surface area contributed by atoms with Crippen LogP contribution in [0.4, 0.5) is 0 Å². The van der Waals surface area contributed by atoms with Crippen LogP contribution in [0.3, 0.4) is 0 Å². The van der Waals surface area contributed by atoms with E-state index in [2.05, 4.69) is 10.1 Å². The van der Waals surface area contributed by atoms with Gasteiger partial charge in [0.1, 0.15) is 5.75 Å². The maximum absolute atomic E-state index is 8.99. The molecule has 1 aromatic heterocycles. The number of ether oxygens (including phenoxy) is 1. The zero-order valence-corrected chi connectivity index (χ0v) is 10.9.